The molecule has 0 amide bonds. The highest BCUT2D eigenvalue weighted by Crippen LogP contribution is 2.23. The molecule has 0 atom stereocenters. The Kier molecular flexibility index (Phi) is 13.8. The molecule has 2 aromatic heterocycles. The molecule has 0 unspecified atom stereocenters. The predicted molar refractivity (Wildman–Crippen MR) is 157 cm³/mol. The van der Waals surface area contributed by atoms with Crippen LogP contribution in [0.25, 0.3) is 22.5 Å². The van der Waals surface area contributed by atoms with Crippen molar-refractivity contribution in [3.63, 3.8) is 0 Å². The molecular weight excluding hydrogens is 474 g/mol. The smallest absolute Gasteiger partial charge is 0.213 e. The molecule has 200 valence electrons. The largest absolute Gasteiger partial charge is 0.494 e. The topological polar surface area (TPSA) is 57.1 Å². The lowest BCUT2D eigenvalue weighted by Crippen LogP contribution is -1.99. The summed E-state index contributed by atoms with van der Waals surface area (Å²) in [6.07, 6.45) is 18.1. The van der Waals surface area contributed by atoms with Crippen LogP contribution in [0.5, 0.6) is 11.6 Å². The maximum atomic E-state index is 5.92. The van der Waals surface area contributed by atoms with Crippen molar-refractivity contribution in [3.05, 3.63) is 55.0 Å². The summed E-state index contributed by atoms with van der Waals surface area (Å²) in [5.74, 6) is 1.58. The van der Waals surface area contributed by atoms with Gasteiger partial charge in [-0.15, -0.1) is 0 Å². The number of ether oxygens (including phenoxy) is 2. The minimum absolute atomic E-state index is 0.167. The van der Waals surface area contributed by atoms with Crippen molar-refractivity contribution in [1.29, 1.82) is 0 Å². The Balaban J connectivity index is 1.39. The van der Waals surface area contributed by atoms with Gasteiger partial charge in [0.15, 0.2) is 0 Å². The molecular formula is C31H45N3O2Si. The van der Waals surface area contributed by atoms with Crippen LogP contribution in [0.1, 0.15) is 78.1 Å². The second-order valence-electron chi connectivity index (χ2n) is 9.78. The standard InChI is InChI=1S/C31H45N3O2Si/c1-3-5-7-8-9-10-20-36-31-18-15-27(23-34-31)30-25-32-29(24-33-30)26-13-16-28(17-14-26)35-19-11-12-22-37-21-6-4-2/h13-18,23-25H,3-12,19-22,37H2,1-2H3. The van der Waals surface area contributed by atoms with Crippen molar-refractivity contribution in [1.82, 2.24) is 15.0 Å². The highest BCUT2D eigenvalue weighted by molar-refractivity contribution is 6.35. The van der Waals surface area contributed by atoms with Gasteiger partial charge in [-0.05, 0) is 43.2 Å². The fourth-order valence-corrected chi connectivity index (χ4v) is 6.19. The van der Waals surface area contributed by atoms with E-state index in [1.165, 1.54) is 63.5 Å². The van der Waals surface area contributed by atoms with Gasteiger partial charge in [-0.25, -0.2) is 4.98 Å². The van der Waals surface area contributed by atoms with Crippen molar-refractivity contribution < 1.29 is 9.47 Å². The minimum Gasteiger partial charge on any atom is -0.494 e. The molecule has 6 heteroatoms. The second kappa shape index (κ2) is 17.7. The first-order valence-electron chi connectivity index (χ1n) is 14.4. The average molecular weight is 520 g/mol. The molecule has 0 aliphatic rings. The summed E-state index contributed by atoms with van der Waals surface area (Å²) in [4.78, 5) is 13.7. The third-order valence-electron chi connectivity index (χ3n) is 6.60. The molecule has 0 spiro atoms. The quantitative estimate of drug-likeness (QED) is 0.119. The Labute approximate surface area is 226 Å². The van der Waals surface area contributed by atoms with Crippen LogP contribution in [0.3, 0.4) is 0 Å². The molecule has 3 rings (SSSR count). The number of benzene rings is 1. The van der Waals surface area contributed by atoms with E-state index in [0.717, 1.165) is 54.3 Å². The van der Waals surface area contributed by atoms with Crippen molar-refractivity contribution >= 4 is 9.52 Å². The molecule has 0 saturated heterocycles. The Bertz CT molecular complexity index is 979. The van der Waals surface area contributed by atoms with Crippen LogP contribution in [0.15, 0.2) is 55.0 Å². The number of nitrogens with zero attached hydrogens (tertiary/aromatic N) is 3. The maximum absolute atomic E-state index is 5.92. The number of hydrogen-bond acceptors (Lipinski definition) is 5. The van der Waals surface area contributed by atoms with E-state index in [2.05, 4.69) is 28.8 Å². The van der Waals surface area contributed by atoms with Gasteiger partial charge >= 0.3 is 0 Å². The zero-order valence-electron chi connectivity index (χ0n) is 23.0. The van der Waals surface area contributed by atoms with Crippen LogP contribution in [0.2, 0.25) is 12.1 Å². The lowest BCUT2D eigenvalue weighted by molar-refractivity contribution is 0.293. The van der Waals surface area contributed by atoms with E-state index in [4.69, 9.17) is 9.47 Å². The third-order valence-corrected chi connectivity index (χ3v) is 8.60. The van der Waals surface area contributed by atoms with Gasteiger partial charge in [0.1, 0.15) is 5.75 Å². The molecule has 0 aliphatic carbocycles. The molecule has 1 aromatic carbocycles. The van der Waals surface area contributed by atoms with Crippen LogP contribution >= 0.6 is 0 Å². The Hall–Kier alpha value is -2.73. The summed E-state index contributed by atoms with van der Waals surface area (Å²) in [5, 5.41) is 0. The van der Waals surface area contributed by atoms with Gasteiger partial charge in [-0.2, -0.15) is 0 Å². The molecule has 0 bridgehead atoms. The molecule has 3 aromatic rings. The molecule has 2 heterocycles. The fourth-order valence-electron chi connectivity index (χ4n) is 4.27. The van der Waals surface area contributed by atoms with Gasteiger partial charge < -0.3 is 9.47 Å². The number of aromatic nitrogens is 3. The summed E-state index contributed by atoms with van der Waals surface area (Å²) in [5.41, 5.74) is 3.61. The van der Waals surface area contributed by atoms with Crippen molar-refractivity contribution in [2.45, 2.75) is 90.1 Å². The number of unbranched alkanes of at least 4 members (excludes halogenated alkanes) is 7. The molecule has 0 fully saturated rings. The SMILES string of the molecule is CCCCCCCCOc1ccc(-c2cnc(-c3ccc(OCCCC[SiH2]CCCC)cc3)cn2)cn1. The normalized spacial score (nSPS) is 11.3. The molecule has 0 radical (unpaired) electrons. The summed E-state index contributed by atoms with van der Waals surface area (Å²) < 4.78 is 11.7. The van der Waals surface area contributed by atoms with Gasteiger partial charge in [-0.3, -0.25) is 9.97 Å². The van der Waals surface area contributed by atoms with Gasteiger partial charge in [-0.1, -0.05) is 77.3 Å². The monoisotopic (exact) mass is 519 g/mol. The van der Waals surface area contributed by atoms with Gasteiger partial charge in [0.25, 0.3) is 0 Å². The van der Waals surface area contributed by atoms with E-state index in [0.29, 0.717) is 5.88 Å². The van der Waals surface area contributed by atoms with Crippen LogP contribution in [0.4, 0.5) is 0 Å². The van der Waals surface area contributed by atoms with Crippen LogP contribution in [0, 0.1) is 0 Å². The first-order chi connectivity index (χ1) is 18.3. The lowest BCUT2D eigenvalue weighted by Gasteiger charge is -2.08. The molecule has 5 nitrogen and oxygen atoms in total. The highest BCUT2D eigenvalue weighted by Gasteiger charge is 2.05. The summed E-state index contributed by atoms with van der Waals surface area (Å²) in [6, 6.07) is 15.0. The summed E-state index contributed by atoms with van der Waals surface area (Å²) in [7, 11) is 0.167. The first kappa shape index (κ1) is 28.8. The minimum atomic E-state index is 0.167. The maximum Gasteiger partial charge on any atom is 0.213 e. The van der Waals surface area contributed by atoms with Crippen LogP contribution in [-0.4, -0.2) is 37.7 Å². The van der Waals surface area contributed by atoms with E-state index >= 15 is 0 Å². The van der Waals surface area contributed by atoms with Crippen molar-refractivity contribution in [2.75, 3.05) is 13.2 Å². The fraction of sp³-hybridized carbons (Fsp3) is 0.516. The van der Waals surface area contributed by atoms with Crippen LogP contribution < -0.4 is 9.47 Å². The van der Waals surface area contributed by atoms with Crippen molar-refractivity contribution in [2.24, 2.45) is 0 Å². The Morgan fingerprint density at radius 1 is 0.568 bits per heavy atom. The molecule has 0 aliphatic heterocycles. The van der Waals surface area contributed by atoms with E-state index in [9.17, 15) is 0 Å². The summed E-state index contributed by atoms with van der Waals surface area (Å²) in [6.45, 7) is 6.04. The van der Waals surface area contributed by atoms with Gasteiger partial charge in [0.2, 0.25) is 5.88 Å². The van der Waals surface area contributed by atoms with Crippen molar-refractivity contribution in [3.8, 4) is 34.1 Å². The van der Waals surface area contributed by atoms with Crippen LogP contribution in [-0.2, 0) is 0 Å². The molecule has 0 saturated carbocycles. The zero-order chi connectivity index (χ0) is 26.0. The van der Waals surface area contributed by atoms with E-state index in [1.807, 2.05) is 42.6 Å². The molecule has 37 heavy (non-hydrogen) atoms. The lowest BCUT2D eigenvalue weighted by atomic mass is 10.1. The average Bonchev–Trinajstić information content (AvgIpc) is 2.95. The van der Waals surface area contributed by atoms with Gasteiger partial charge in [0, 0.05) is 32.9 Å². The third kappa shape index (κ3) is 11.0. The second-order valence-corrected chi connectivity index (χ2v) is 11.9. The molecule has 0 N–H and O–H groups in total. The number of pyridine rings is 1. The Morgan fingerprint density at radius 3 is 1.89 bits per heavy atom. The van der Waals surface area contributed by atoms with E-state index < -0.39 is 0 Å². The number of rotatable bonds is 19. The summed E-state index contributed by atoms with van der Waals surface area (Å²) >= 11 is 0. The number of hydrogen-bond donors (Lipinski definition) is 0. The van der Waals surface area contributed by atoms with E-state index in [1.54, 1.807) is 12.4 Å². The Morgan fingerprint density at radius 2 is 1.19 bits per heavy atom. The first-order valence-corrected chi connectivity index (χ1v) is 16.4. The van der Waals surface area contributed by atoms with E-state index in [-0.39, 0.29) is 9.52 Å². The predicted octanol–water partition coefficient (Wildman–Crippen LogP) is 7.91. The highest BCUT2D eigenvalue weighted by atomic mass is 28.2. The zero-order valence-corrected chi connectivity index (χ0v) is 24.4. The van der Waals surface area contributed by atoms with Gasteiger partial charge in [0.05, 0.1) is 37.0 Å².